The number of allylic oxidation sites excluding steroid dienone is 1. The molecule has 2 nitrogen and oxygen atoms in total. The van der Waals surface area contributed by atoms with Crippen molar-refractivity contribution in [2.45, 2.75) is 46.0 Å². The number of hydrogen-bond donors (Lipinski definition) is 1. The minimum atomic E-state index is -0.881. The van der Waals surface area contributed by atoms with Crippen LogP contribution in [0.3, 0.4) is 0 Å². The molecule has 0 saturated heterocycles. The Morgan fingerprint density at radius 1 is 1.12 bits per heavy atom. The lowest BCUT2D eigenvalue weighted by molar-refractivity contribution is 0.0696. The van der Waals surface area contributed by atoms with Crippen molar-refractivity contribution < 1.29 is 9.90 Å². The molecule has 1 aliphatic carbocycles. The van der Waals surface area contributed by atoms with Crippen molar-refractivity contribution >= 4 is 12.0 Å². The fraction of sp³-hybridized carbons (Fsp3) is 0.375. The maximum atomic E-state index is 11.4. The zero-order chi connectivity index (χ0) is 18.9. The third-order valence-electron chi connectivity index (χ3n) is 6.81. The molecule has 0 aliphatic heterocycles. The molecule has 2 unspecified atom stereocenters. The Hall–Kier alpha value is -2.35. The van der Waals surface area contributed by atoms with Crippen LogP contribution in [0.1, 0.15) is 61.2 Å². The highest BCUT2D eigenvalue weighted by molar-refractivity contribution is 5.92. The summed E-state index contributed by atoms with van der Waals surface area (Å²) in [5, 5.41) is 9.38. The van der Waals surface area contributed by atoms with Crippen LogP contribution >= 0.6 is 0 Å². The minimum absolute atomic E-state index is 0.00985. The Kier molecular flexibility index (Phi) is 4.79. The molecular formula is C24H28O2. The van der Waals surface area contributed by atoms with Crippen LogP contribution in [0, 0.1) is 11.3 Å². The van der Waals surface area contributed by atoms with E-state index < -0.39 is 5.97 Å². The first-order valence-corrected chi connectivity index (χ1v) is 9.34. The molecule has 0 amide bonds. The van der Waals surface area contributed by atoms with E-state index in [1.54, 1.807) is 12.1 Å². The summed E-state index contributed by atoms with van der Waals surface area (Å²) in [7, 11) is 0. The van der Waals surface area contributed by atoms with E-state index in [0.717, 1.165) is 18.4 Å². The highest BCUT2D eigenvalue weighted by Crippen LogP contribution is 2.54. The SMILES string of the molecule is CC1Cc2ccccc2C(C)(CC=Cc2ccccc2C(=O)O)C1(C)C. The van der Waals surface area contributed by atoms with Gasteiger partial charge in [-0.3, -0.25) is 0 Å². The monoisotopic (exact) mass is 348 g/mol. The Morgan fingerprint density at radius 2 is 1.77 bits per heavy atom. The first-order chi connectivity index (χ1) is 12.3. The molecule has 136 valence electrons. The molecule has 3 rings (SSSR count). The summed E-state index contributed by atoms with van der Waals surface area (Å²) < 4.78 is 0. The zero-order valence-corrected chi connectivity index (χ0v) is 16.1. The van der Waals surface area contributed by atoms with Gasteiger partial charge in [-0.2, -0.15) is 0 Å². The van der Waals surface area contributed by atoms with Crippen LogP contribution in [0.25, 0.3) is 6.08 Å². The standard InChI is InChI=1S/C24H28O2/c1-17-16-19-11-6-8-14-21(19)24(4,23(17,2)3)15-9-12-18-10-5-7-13-20(18)22(25)26/h5-14,17H,15-16H2,1-4H3,(H,25,26). The lowest BCUT2D eigenvalue weighted by Gasteiger charge is -2.53. The van der Waals surface area contributed by atoms with Gasteiger partial charge in [0.25, 0.3) is 0 Å². The van der Waals surface area contributed by atoms with Gasteiger partial charge < -0.3 is 5.11 Å². The van der Waals surface area contributed by atoms with Crippen LogP contribution in [0.15, 0.2) is 54.6 Å². The highest BCUT2D eigenvalue weighted by atomic mass is 16.4. The van der Waals surface area contributed by atoms with Gasteiger partial charge in [-0.1, -0.05) is 82.3 Å². The molecule has 0 fully saturated rings. The van der Waals surface area contributed by atoms with Crippen LogP contribution in [-0.2, 0) is 11.8 Å². The fourth-order valence-electron chi connectivity index (χ4n) is 4.34. The van der Waals surface area contributed by atoms with Gasteiger partial charge >= 0.3 is 5.97 Å². The van der Waals surface area contributed by atoms with Crippen molar-refractivity contribution in [1.29, 1.82) is 0 Å². The number of carboxylic acids is 1. The van der Waals surface area contributed by atoms with Gasteiger partial charge in [0.15, 0.2) is 0 Å². The predicted octanol–water partition coefficient (Wildman–Crippen LogP) is 5.96. The molecule has 0 saturated carbocycles. The van der Waals surface area contributed by atoms with E-state index in [1.165, 1.54) is 11.1 Å². The van der Waals surface area contributed by atoms with E-state index in [4.69, 9.17) is 0 Å². The first-order valence-electron chi connectivity index (χ1n) is 9.34. The molecule has 0 bridgehead atoms. The summed E-state index contributed by atoms with van der Waals surface area (Å²) in [5.74, 6) is -0.296. The van der Waals surface area contributed by atoms with Gasteiger partial charge in [-0.15, -0.1) is 0 Å². The summed E-state index contributed by atoms with van der Waals surface area (Å²) in [6, 6.07) is 16.0. The summed E-state index contributed by atoms with van der Waals surface area (Å²) >= 11 is 0. The second kappa shape index (κ2) is 6.75. The lowest BCUT2D eigenvalue weighted by Crippen LogP contribution is -2.48. The van der Waals surface area contributed by atoms with E-state index >= 15 is 0 Å². The van der Waals surface area contributed by atoms with Crippen molar-refractivity contribution in [3.05, 3.63) is 76.9 Å². The number of benzene rings is 2. The molecular weight excluding hydrogens is 320 g/mol. The third kappa shape index (κ3) is 2.98. The van der Waals surface area contributed by atoms with E-state index in [1.807, 2.05) is 18.2 Å². The summed E-state index contributed by atoms with van der Waals surface area (Å²) in [6.07, 6.45) is 6.12. The molecule has 2 aromatic rings. The molecule has 26 heavy (non-hydrogen) atoms. The average molecular weight is 348 g/mol. The summed E-state index contributed by atoms with van der Waals surface area (Å²) in [4.78, 5) is 11.4. The van der Waals surface area contributed by atoms with Crippen LogP contribution < -0.4 is 0 Å². The van der Waals surface area contributed by atoms with Crippen molar-refractivity contribution in [3.8, 4) is 0 Å². The smallest absolute Gasteiger partial charge is 0.336 e. The molecule has 1 aliphatic rings. The Balaban J connectivity index is 1.97. The molecule has 2 heteroatoms. The van der Waals surface area contributed by atoms with Gasteiger partial charge in [0.1, 0.15) is 0 Å². The number of carboxylic acid groups (broad SMARTS) is 1. The zero-order valence-electron chi connectivity index (χ0n) is 16.1. The van der Waals surface area contributed by atoms with Crippen LogP contribution in [0.5, 0.6) is 0 Å². The van der Waals surface area contributed by atoms with Gasteiger partial charge in [-0.05, 0) is 46.9 Å². The second-order valence-corrected chi connectivity index (χ2v) is 8.32. The summed E-state index contributed by atoms with van der Waals surface area (Å²) in [5.41, 5.74) is 4.15. The largest absolute Gasteiger partial charge is 0.478 e. The van der Waals surface area contributed by atoms with Crippen LogP contribution in [-0.4, -0.2) is 11.1 Å². The average Bonchev–Trinajstić information content (AvgIpc) is 2.61. The number of hydrogen-bond acceptors (Lipinski definition) is 1. The van der Waals surface area contributed by atoms with Gasteiger partial charge in [0.05, 0.1) is 5.56 Å². The molecule has 0 aromatic heterocycles. The number of fused-ring (bicyclic) bond motifs is 1. The minimum Gasteiger partial charge on any atom is -0.478 e. The van der Waals surface area contributed by atoms with Crippen LogP contribution in [0.4, 0.5) is 0 Å². The van der Waals surface area contributed by atoms with Gasteiger partial charge in [-0.25, -0.2) is 4.79 Å². The van der Waals surface area contributed by atoms with Crippen molar-refractivity contribution in [1.82, 2.24) is 0 Å². The Bertz CT molecular complexity index is 847. The normalized spacial score (nSPS) is 24.4. The van der Waals surface area contributed by atoms with E-state index in [2.05, 4.69) is 58.0 Å². The quantitative estimate of drug-likeness (QED) is 0.739. The lowest BCUT2D eigenvalue weighted by atomic mass is 9.51. The van der Waals surface area contributed by atoms with Crippen LogP contribution in [0.2, 0.25) is 0 Å². The van der Waals surface area contributed by atoms with E-state index in [9.17, 15) is 9.90 Å². The number of carbonyl (C=O) groups is 1. The Labute approximate surface area is 156 Å². The predicted molar refractivity (Wildman–Crippen MR) is 107 cm³/mol. The van der Waals surface area contributed by atoms with E-state index in [-0.39, 0.29) is 10.8 Å². The van der Waals surface area contributed by atoms with Gasteiger partial charge in [0, 0.05) is 5.41 Å². The maximum Gasteiger partial charge on any atom is 0.336 e. The van der Waals surface area contributed by atoms with Crippen molar-refractivity contribution in [2.24, 2.45) is 11.3 Å². The number of aromatic carboxylic acids is 1. The molecule has 0 heterocycles. The number of rotatable bonds is 4. The Morgan fingerprint density at radius 3 is 2.50 bits per heavy atom. The molecule has 2 aromatic carbocycles. The molecule has 2 atom stereocenters. The highest BCUT2D eigenvalue weighted by Gasteiger charge is 2.48. The van der Waals surface area contributed by atoms with Crippen molar-refractivity contribution in [3.63, 3.8) is 0 Å². The molecule has 0 radical (unpaired) electrons. The van der Waals surface area contributed by atoms with Crippen molar-refractivity contribution in [2.75, 3.05) is 0 Å². The molecule has 0 spiro atoms. The topological polar surface area (TPSA) is 37.3 Å². The molecule has 1 N–H and O–H groups in total. The fourth-order valence-corrected chi connectivity index (χ4v) is 4.34. The van der Waals surface area contributed by atoms with E-state index in [0.29, 0.717) is 11.5 Å². The maximum absolute atomic E-state index is 11.4. The second-order valence-electron chi connectivity index (χ2n) is 8.32. The van der Waals surface area contributed by atoms with Gasteiger partial charge in [0.2, 0.25) is 0 Å². The first kappa shape index (κ1) is 18.4. The third-order valence-corrected chi connectivity index (χ3v) is 6.81. The summed E-state index contributed by atoms with van der Waals surface area (Å²) in [6.45, 7) is 9.44.